The van der Waals surface area contributed by atoms with Gasteiger partial charge in [-0.3, -0.25) is 0 Å². The zero-order valence-electron chi connectivity index (χ0n) is 11.9. The van der Waals surface area contributed by atoms with Crippen molar-refractivity contribution in [1.82, 2.24) is 0 Å². The van der Waals surface area contributed by atoms with Gasteiger partial charge in [0, 0.05) is 0 Å². The minimum Gasteiger partial charge on any atom is -0.389 e. The van der Waals surface area contributed by atoms with Crippen LogP contribution in [0.5, 0.6) is 0 Å². The summed E-state index contributed by atoms with van der Waals surface area (Å²) < 4.78 is 0. The van der Waals surface area contributed by atoms with E-state index in [1.807, 2.05) is 0 Å². The van der Waals surface area contributed by atoms with Gasteiger partial charge < -0.3 is 5.11 Å². The molecule has 1 saturated carbocycles. The van der Waals surface area contributed by atoms with Crippen LogP contribution in [0.4, 0.5) is 0 Å². The molecular formula is C15H30OSi. The lowest BCUT2D eigenvalue weighted by Crippen LogP contribution is -2.30. The quantitative estimate of drug-likeness (QED) is 0.690. The highest BCUT2D eigenvalue weighted by molar-refractivity contribution is 6.84. The van der Waals surface area contributed by atoms with E-state index in [0.29, 0.717) is 5.92 Å². The molecule has 0 spiro atoms. The largest absolute Gasteiger partial charge is 0.389 e. The van der Waals surface area contributed by atoms with Crippen molar-refractivity contribution >= 4 is 8.07 Å². The zero-order valence-corrected chi connectivity index (χ0v) is 12.9. The molecule has 0 saturated heterocycles. The Bertz CT molecular complexity index is 219. The van der Waals surface area contributed by atoms with Crippen LogP contribution < -0.4 is 0 Å². The molecule has 17 heavy (non-hydrogen) atoms. The Morgan fingerprint density at radius 2 is 1.59 bits per heavy atom. The zero-order chi connectivity index (χ0) is 12.7. The van der Waals surface area contributed by atoms with E-state index in [0.717, 1.165) is 0 Å². The molecule has 1 atom stereocenters. The molecule has 0 aromatic carbocycles. The summed E-state index contributed by atoms with van der Waals surface area (Å²) in [6, 6.07) is 3.94. The number of hydrogen-bond donors (Lipinski definition) is 1. The Labute approximate surface area is 108 Å². The summed E-state index contributed by atoms with van der Waals surface area (Å²) in [6.07, 6.45) is 8.42. The fraction of sp³-hybridized carbons (Fsp3) is 0.867. The van der Waals surface area contributed by atoms with Crippen LogP contribution in [0, 0.1) is 5.92 Å². The monoisotopic (exact) mass is 254 g/mol. The van der Waals surface area contributed by atoms with Gasteiger partial charge in [0.25, 0.3) is 0 Å². The van der Waals surface area contributed by atoms with E-state index in [4.69, 9.17) is 0 Å². The average molecular weight is 254 g/mol. The van der Waals surface area contributed by atoms with Crippen molar-refractivity contribution in [3.05, 3.63) is 11.8 Å². The van der Waals surface area contributed by atoms with Gasteiger partial charge in [0.1, 0.15) is 0 Å². The Morgan fingerprint density at radius 3 is 2.06 bits per heavy atom. The van der Waals surface area contributed by atoms with Gasteiger partial charge in [0.2, 0.25) is 0 Å². The second kappa shape index (κ2) is 7.37. The molecule has 1 aliphatic rings. The topological polar surface area (TPSA) is 20.2 Å². The SMILES string of the molecule is CC[Si](/C=C/C(O)C1CCCCC1)(CC)CC. The molecule has 1 fully saturated rings. The Hall–Kier alpha value is -0.0831. The molecule has 2 heteroatoms. The van der Waals surface area contributed by atoms with Crippen LogP contribution in [0.15, 0.2) is 11.8 Å². The third kappa shape index (κ3) is 4.25. The van der Waals surface area contributed by atoms with Crippen molar-refractivity contribution in [3.63, 3.8) is 0 Å². The van der Waals surface area contributed by atoms with Crippen molar-refractivity contribution in [3.8, 4) is 0 Å². The van der Waals surface area contributed by atoms with Crippen LogP contribution in [0.3, 0.4) is 0 Å². The highest BCUT2D eigenvalue weighted by Gasteiger charge is 2.25. The summed E-state index contributed by atoms with van der Waals surface area (Å²) in [5.41, 5.74) is 2.44. The summed E-state index contributed by atoms with van der Waals surface area (Å²) >= 11 is 0. The van der Waals surface area contributed by atoms with E-state index in [1.54, 1.807) is 0 Å². The predicted octanol–water partition coefficient (Wildman–Crippen LogP) is 4.53. The molecule has 1 rings (SSSR count). The highest BCUT2D eigenvalue weighted by Crippen LogP contribution is 2.28. The molecule has 0 aliphatic heterocycles. The number of aliphatic hydroxyl groups excluding tert-OH is 1. The van der Waals surface area contributed by atoms with Crippen LogP contribution in [0.2, 0.25) is 18.1 Å². The van der Waals surface area contributed by atoms with Crippen LogP contribution in [0.25, 0.3) is 0 Å². The molecule has 0 heterocycles. The van der Waals surface area contributed by atoms with Crippen LogP contribution in [-0.4, -0.2) is 19.3 Å². The number of aliphatic hydroxyl groups is 1. The fourth-order valence-electron chi connectivity index (χ4n) is 3.04. The Balaban J connectivity index is 2.55. The van der Waals surface area contributed by atoms with E-state index >= 15 is 0 Å². The second-order valence-electron chi connectivity index (χ2n) is 5.67. The molecule has 0 bridgehead atoms. The van der Waals surface area contributed by atoms with Crippen LogP contribution in [-0.2, 0) is 0 Å². The third-order valence-electron chi connectivity index (χ3n) is 4.89. The van der Waals surface area contributed by atoms with Crippen molar-refractivity contribution in [2.75, 3.05) is 0 Å². The highest BCUT2D eigenvalue weighted by atomic mass is 28.3. The molecule has 0 aromatic rings. The Kier molecular flexibility index (Phi) is 6.50. The van der Waals surface area contributed by atoms with E-state index < -0.39 is 8.07 Å². The summed E-state index contributed by atoms with van der Waals surface area (Å²) in [6.45, 7) is 6.95. The maximum atomic E-state index is 10.3. The summed E-state index contributed by atoms with van der Waals surface area (Å²) in [7, 11) is -1.18. The van der Waals surface area contributed by atoms with Gasteiger partial charge in [0.15, 0.2) is 0 Å². The minimum absolute atomic E-state index is 0.174. The molecule has 100 valence electrons. The van der Waals surface area contributed by atoms with Crippen molar-refractivity contribution in [2.24, 2.45) is 5.92 Å². The molecule has 0 radical (unpaired) electrons. The minimum atomic E-state index is -1.18. The average Bonchev–Trinajstić information content (AvgIpc) is 2.41. The van der Waals surface area contributed by atoms with E-state index in [2.05, 4.69) is 32.5 Å². The number of hydrogen-bond acceptors (Lipinski definition) is 1. The summed E-state index contributed by atoms with van der Waals surface area (Å²) in [4.78, 5) is 0. The van der Waals surface area contributed by atoms with Gasteiger partial charge in [-0.1, -0.05) is 69.9 Å². The van der Waals surface area contributed by atoms with Gasteiger partial charge in [-0.05, 0) is 18.8 Å². The first kappa shape index (κ1) is 15.0. The lowest BCUT2D eigenvalue weighted by Gasteiger charge is -2.27. The first-order chi connectivity index (χ1) is 8.17. The fourth-order valence-corrected chi connectivity index (χ4v) is 5.85. The standard InChI is InChI=1S/C15H30OSi/c1-4-17(5-2,6-3)13-12-15(16)14-10-8-7-9-11-14/h12-16H,4-11H2,1-3H3/b13-12+. The van der Waals surface area contributed by atoms with Gasteiger partial charge in [-0.2, -0.15) is 0 Å². The third-order valence-corrected chi connectivity index (χ3v) is 10.0. The first-order valence-corrected chi connectivity index (χ1v) is 10.2. The smallest absolute Gasteiger partial charge is 0.0767 e. The molecule has 0 amide bonds. The normalized spacial score (nSPS) is 20.9. The van der Waals surface area contributed by atoms with Gasteiger partial charge >= 0.3 is 0 Å². The molecule has 1 N–H and O–H groups in total. The summed E-state index contributed by atoms with van der Waals surface area (Å²) in [5, 5.41) is 10.3. The predicted molar refractivity (Wildman–Crippen MR) is 78.9 cm³/mol. The van der Waals surface area contributed by atoms with E-state index in [9.17, 15) is 5.11 Å². The lowest BCUT2D eigenvalue weighted by molar-refractivity contribution is 0.125. The van der Waals surface area contributed by atoms with E-state index in [-0.39, 0.29) is 6.10 Å². The van der Waals surface area contributed by atoms with Gasteiger partial charge in [-0.15, -0.1) is 0 Å². The molecular weight excluding hydrogens is 224 g/mol. The lowest BCUT2D eigenvalue weighted by atomic mass is 9.85. The second-order valence-corrected chi connectivity index (χ2v) is 10.9. The maximum Gasteiger partial charge on any atom is 0.0767 e. The van der Waals surface area contributed by atoms with Crippen LogP contribution >= 0.6 is 0 Å². The van der Waals surface area contributed by atoms with Gasteiger partial charge in [0.05, 0.1) is 14.2 Å². The van der Waals surface area contributed by atoms with Crippen molar-refractivity contribution in [1.29, 1.82) is 0 Å². The summed E-state index contributed by atoms with van der Waals surface area (Å²) in [5.74, 6) is 0.539. The van der Waals surface area contributed by atoms with Gasteiger partial charge in [-0.25, -0.2) is 0 Å². The molecule has 1 unspecified atom stereocenters. The van der Waals surface area contributed by atoms with Crippen LogP contribution in [0.1, 0.15) is 52.9 Å². The van der Waals surface area contributed by atoms with Crippen molar-refractivity contribution < 1.29 is 5.11 Å². The number of rotatable bonds is 6. The molecule has 0 aromatic heterocycles. The Morgan fingerprint density at radius 1 is 1.06 bits per heavy atom. The molecule has 1 aliphatic carbocycles. The molecule has 1 nitrogen and oxygen atoms in total. The first-order valence-electron chi connectivity index (χ1n) is 7.55. The maximum absolute atomic E-state index is 10.3. The van der Waals surface area contributed by atoms with E-state index in [1.165, 1.54) is 50.2 Å². The van der Waals surface area contributed by atoms with Crippen molar-refractivity contribution in [2.45, 2.75) is 77.1 Å².